The molecular weight excluding hydrogens is 435 g/mol. The first-order valence-corrected chi connectivity index (χ1v) is 10.9. The molecule has 2 atom stereocenters. The maximum absolute atomic E-state index is 15.2. The first-order chi connectivity index (χ1) is 15.4. The average Bonchev–Trinajstić information content (AvgIpc) is 3.01. The summed E-state index contributed by atoms with van der Waals surface area (Å²) in [5.74, 6) is -4.21. The quantitative estimate of drug-likeness (QED) is 0.703. The monoisotopic (exact) mass is 461 g/mol. The average molecular weight is 461 g/mol. The molecule has 0 fully saturated rings. The molecule has 3 heterocycles. The number of halogens is 3. The zero-order chi connectivity index (χ0) is 24.1. The van der Waals surface area contributed by atoms with E-state index in [4.69, 9.17) is 5.26 Å². The highest BCUT2D eigenvalue weighted by molar-refractivity contribution is 5.90. The van der Waals surface area contributed by atoms with Crippen molar-refractivity contribution < 1.29 is 23.1 Å². The van der Waals surface area contributed by atoms with Gasteiger partial charge in [-0.25, -0.2) is 9.18 Å². The van der Waals surface area contributed by atoms with Crippen molar-refractivity contribution in [1.82, 2.24) is 14.7 Å². The summed E-state index contributed by atoms with van der Waals surface area (Å²) in [6, 6.07) is 4.52. The summed E-state index contributed by atoms with van der Waals surface area (Å²) < 4.78 is 45.3. The second-order valence-electron chi connectivity index (χ2n) is 9.47. The molecule has 2 N–H and O–H groups in total. The summed E-state index contributed by atoms with van der Waals surface area (Å²) in [4.78, 5) is 14.4. The Morgan fingerprint density at radius 3 is 2.79 bits per heavy atom. The van der Waals surface area contributed by atoms with E-state index < -0.39 is 29.8 Å². The molecule has 0 radical (unpaired) electrons. The predicted octanol–water partition coefficient (Wildman–Crippen LogP) is 4.15. The molecule has 0 saturated carbocycles. The van der Waals surface area contributed by atoms with Gasteiger partial charge in [-0.1, -0.05) is 0 Å². The topological polar surface area (TPSA) is 94.2 Å². The van der Waals surface area contributed by atoms with Crippen LogP contribution in [0.1, 0.15) is 56.1 Å². The smallest absolute Gasteiger partial charge is 0.322 e. The van der Waals surface area contributed by atoms with Crippen LogP contribution >= 0.6 is 0 Å². The van der Waals surface area contributed by atoms with Gasteiger partial charge in [-0.15, -0.1) is 0 Å². The van der Waals surface area contributed by atoms with E-state index >= 15 is 8.78 Å². The zero-order valence-electron chi connectivity index (χ0n) is 18.7. The largest absolute Gasteiger partial charge is 0.390 e. The summed E-state index contributed by atoms with van der Waals surface area (Å²) >= 11 is 0. The van der Waals surface area contributed by atoms with E-state index in [1.54, 1.807) is 26.8 Å². The summed E-state index contributed by atoms with van der Waals surface area (Å²) in [6.45, 7) is 5.16. The van der Waals surface area contributed by atoms with Crippen LogP contribution in [-0.2, 0) is 25.4 Å². The van der Waals surface area contributed by atoms with Crippen molar-refractivity contribution in [1.29, 1.82) is 5.26 Å². The number of aliphatic hydroxyl groups is 1. The number of alkyl halides is 2. The number of urea groups is 1. The van der Waals surface area contributed by atoms with Crippen LogP contribution in [0.5, 0.6) is 0 Å². The normalized spacial score (nSPS) is 22.1. The number of fused-ring (bicyclic) bond motifs is 3. The van der Waals surface area contributed by atoms with E-state index in [1.807, 2.05) is 0 Å². The molecule has 33 heavy (non-hydrogen) atoms. The number of carbonyl (C=O) groups excluding carboxylic acids is 1. The third-order valence-electron chi connectivity index (χ3n) is 6.63. The third-order valence-corrected chi connectivity index (χ3v) is 6.63. The maximum Gasteiger partial charge on any atom is 0.322 e. The third kappa shape index (κ3) is 4.29. The summed E-state index contributed by atoms with van der Waals surface area (Å²) in [5, 5.41) is 26.5. The van der Waals surface area contributed by atoms with Gasteiger partial charge in [0.25, 0.3) is 5.92 Å². The highest BCUT2D eigenvalue weighted by Gasteiger charge is 2.46. The van der Waals surface area contributed by atoms with Gasteiger partial charge < -0.3 is 15.3 Å². The van der Waals surface area contributed by atoms with E-state index in [0.29, 0.717) is 17.7 Å². The first-order valence-electron chi connectivity index (χ1n) is 10.9. The molecule has 0 spiro atoms. The Morgan fingerprint density at radius 2 is 2.12 bits per heavy atom. The molecule has 0 aliphatic carbocycles. The van der Waals surface area contributed by atoms with Gasteiger partial charge >= 0.3 is 6.03 Å². The summed E-state index contributed by atoms with van der Waals surface area (Å²) in [7, 11) is 0. The Hall–Kier alpha value is -3.06. The minimum Gasteiger partial charge on any atom is -0.390 e. The number of hydrogen-bond donors (Lipinski definition) is 2. The molecule has 4 rings (SSSR count). The molecule has 1 aromatic carbocycles. The van der Waals surface area contributed by atoms with Crippen LogP contribution in [0.4, 0.5) is 23.7 Å². The van der Waals surface area contributed by atoms with Crippen LogP contribution in [0.15, 0.2) is 18.2 Å². The predicted molar refractivity (Wildman–Crippen MR) is 114 cm³/mol. The van der Waals surface area contributed by atoms with Crippen LogP contribution in [0.3, 0.4) is 0 Å². The van der Waals surface area contributed by atoms with Crippen LogP contribution in [0, 0.1) is 23.1 Å². The van der Waals surface area contributed by atoms with Crippen molar-refractivity contribution in [3.8, 4) is 6.07 Å². The SMILES string of the molecule is C[C@@H]1Cc2nn3c(c2CN1C(=O)Nc1ccc(F)c(C#N)c1)C(F)(F)CC[C@@H](C(C)(C)O)C3. The second-order valence-corrected chi connectivity index (χ2v) is 9.47. The molecule has 0 saturated heterocycles. The van der Waals surface area contributed by atoms with Gasteiger partial charge in [0.15, 0.2) is 0 Å². The van der Waals surface area contributed by atoms with E-state index in [1.165, 1.54) is 21.7 Å². The van der Waals surface area contributed by atoms with E-state index in [0.717, 1.165) is 6.07 Å². The van der Waals surface area contributed by atoms with Gasteiger partial charge in [0.1, 0.15) is 17.6 Å². The van der Waals surface area contributed by atoms with E-state index in [9.17, 15) is 14.3 Å². The summed E-state index contributed by atoms with van der Waals surface area (Å²) in [6.07, 6.45) is 0.0496. The number of nitrogens with one attached hydrogen (secondary N) is 1. The van der Waals surface area contributed by atoms with Crippen molar-refractivity contribution in [2.45, 2.75) is 70.7 Å². The Kier molecular flexibility index (Phi) is 5.65. The molecule has 10 heteroatoms. The number of carbonyl (C=O) groups is 1. The fraction of sp³-hybridized carbons (Fsp3) is 0.522. The number of aromatic nitrogens is 2. The fourth-order valence-corrected chi connectivity index (χ4v) is 4.64. The molecule has 176 valence electrons. The van der Waals surface area contributed by atoms with Gasteiger partial charge in [0, 0.05) is 42.6 Å². The lowest BCUT2D eigenvalue weighted by Crippen LogP contribution is -2.45. The van der Waals surface area contributed by atoms with Gasteiger partial charge in [0.2, 0.25) is 0 Å². The minimum atomic E-state index is -3.14. The van der Waals surface area contributed by atoms with E-state index in [2.05, 4.69) is 10.4 Å². The molecule has 0 bridgehead atoms. The van der Waals surface area contributed by atoms with Crippen molar-refractivity contribution in [2.24, 2.45) is 5.92 Å². The Balaban J connectivity index is 1.63. The van der Waals surface area contributed by atoms with Gasteiger partial charge in [0.05, 0.1) is 23.4 Å². The molecule has 2 aliphatic heterocycles. The number of benzene rings is 1. The number of rotatable bonds is 2. The number of nitrogens with zero attached hydrogens (tertiary/aromatic N) is 4. The molecule has 1 aromatic heterocycles. The summed E-state index contributed by atoms with van der Waals surface area (Å²) in [5.41, 5.74) is -0.413. The molecule has 2 amide bonds. The second kappa shape index (κ2) is 8.06. The first kappa shape index (κ1) is 23.1. The number of anilines is 1. The zero-order valence-corrected chi connectivity index (χ0v) is 18.7. The van der Waals surface area contributed by atoms with Crippen LogP contribution in [0.2, 0.25) is 0 Å². The Bertz CT molecular complexity index is 1130. The minimum absolute atomic E-state index is 0.0489. The van der Waals surface area contributed by atoms with Crippen molar-refractivity contribution in [2.75, 3.05) is 5.32 Å². The maximum atomic E-state index is 15.2. The molecule has 7 nitrogen and oxygen atoms in total. The number of nitriles is 1. The fourth-order valence-electron chi connectivity index (χ4n) is 4.64. The lowest BCUT2D eigenvalue weighted by Gasteiger charge is -2.33. The molecule has 0 unspecified atom stereocenters. The molecule has 2 aromatic rings. The lowest BCUT2D eigenvalue weighted by atomic mass is 9.86. The van der Waals surface area contributed by atoms with Gasteiger partial charge in [-0.05, 0) is 45.4 Å². The number of amides is 2. The molecular formula is C23H26F3N5O2. The van der Waals surface area contributed by atoms with Gasteiger partial charge in [-0.2, -0.15) is 19.1 Å². The van der Waals surface area contributed by atoms with Crippen molar-refractivity contribution >= 4 is 11.7 Å². The van der Waals surface area contributed by atoms with Crippen LogP contribution in [-0.4, -0.2) is 37.5 Å². The highest BCUT2D eigenvalue weighted by Crippen LogP contribution is 2.44. The lowest BCUT2D eigenvalue weighted by molar-refractivity contribution is -0.0336. The van der Waals surface area contributed by atoms with Crippen LogP contribution in [0.25, 0.3) is 0 Å². The van der Waals surface area contributed by atoms with Gasteiger partial charge in [-0.3, -0.25) is 4.68 Å². The van der Waals surface area contributed by atoms with E-state index in [-0.39, 0.29) is 48.4 Å². The molecule has 2 aliphatic rings. The van der Waals surface area contributed by atoms with Crippen molar-refractivity contribution in [3.05, 3.63) is 46.5 Å². The highest BCUT2D eigenvalue weighted by atomic mass is 19.3. The number of hydrogen-bond acceptors (Lipinski definition) is 4. The Labute approximate surface area is 189 Å². The Morgan fingerprint density at radius 1 is 1.39 bits per heavy atom. The standard InChI is InChI=1S/C23H26F3N5O2/c1-13-8-19-17(12-30(13)21(32)28-16-4-5-18(24)14(9-16)10-27)20-23(25,26)7-6-15(22(2,3)33)11-31(20)29-19/h4-5,9,13,15,33H,6-8,11-12H2,1-3H3,(H,28,32)/t13-,15-/m1/s1. The van der Waals surface area contributed by atoms with Crippen LogP contribution < -0.4 is 5.32 Å². The van der Waals surface area contributed by atoms with Crippen molar-refractivity contribution in [3.63, 3.8) is 0 Å².